The van der Waals surface area contributed by atoms with Crippen LogP contribution in [0.2, 0.25) is 0 Å². The highest BCUT2D eigenvalue weighted by atomic mass is 15.0. The predicted octanol–water partition coefficient (Wildman–Crippen LogP) is 7.08. The lowest BCUT2D eigenvalue weighted by molar-refractivity contribution is 1.33. The fourth-order valence-corrected chi connectivity index (χ4v) is 3.57. The van der Waals surface area contributed by atoms with Crippen LogP contribution in [0.3, 0.4) is 0 Å². The van der Waals surface area contributed by atoms with Gasteiger partial charge >= 0.3 is 0 Å². The summed E-state index contributed by atoms with van der Waals surface area (Å²) in [5.74, 6) is 0. The smallest absolute Gasteiger partial charge is 0.102 e. The summed E-state index contributed by atoms with van der Waals surface area (Å²) in [6, 6.07) is 42.9. The molecule has 0 bridgehead atoms. The van der Waals surface area contributed by atoms with Gasteiger partial charge in [0.1, 0.15) is 12.1 Å². The highest BCUT2D eigenvalue weighted by molar-refractivity contribution is 5.93. The zero-order chi connectivity index (χ0) is 23.6. The molecule has 4 rings (SSSR count). The third kappa shape index (κ3) is 5.22. The number of hydrogen-bond acceptors (Lipinski definition) is 4. The van der Waals surface area contributed by atoms with Crippen LogP contribution in [0.25, 0.3) is 11.1 Å². The first-order valence-corrected chi connectivity index (χ1v) is 10.8. The van der Waals surface area contributed by atoms with Crippen molar-refractivity contribution in [2.45, 2.75) is 0 Å². The number of rotatable bonds is 7. The predicted molar refractivity (Wildman–Crippen MR) is 138 cm³/mol. The average molecular weight is 439 g/mol. The summed E-state index contributed by atoms with van der Waals surface area (Å²) >= 11 is 0. The molecular formula is C30H22N4. The highest BCUT2D eigenvalue weighted by Crippen LogP contribution is 2.31. The summed E-state index contributed by atoms with van der Waals surface area (Å²) in [7, 11) is 0. The van der Waals surface area contributed by atoms with Gasteiger partial charge in [-0.1, -0.05) is 97.1 Å². The molecule has 0 heterocycles. The molecule has 0 saturated heterocycles. The summed E-state index contributed by atoms with van der Waals surface area (Å²) in [6.07, 6.45) is 0. The van der Waals surface area contributed by atoms with Crippen LogP contribution in [-0.4, -0.2) is 0 Å². The van der Waals surface area contributed by atoms with Crippen molar-refractivity contribution in [1.82, 2.24) is 0 Å². The van der Waals surface area contributed by atoms with E-state index in [2.05, 4.69) is 22.8 Å². The number of nitrogens with one attached hydrogen (secondary N) is 2. The first-order chi connectivity index (χ1) is 16.8. The Morgan fingerprint density at radius 1 is 0.441 bits per heavy atom. The van der Waals surface area contributed by atoms with Crippen molar-refractivity contribution in [3.8, 4) is 12.1 Å². The van der Waals surface area contributed by atoms with Gasteiger partial charge in [-0.15, -0.1) is 0 Å². The van der Waals surface area contributed by atoms with E-state index in [0.717, 1.165) is 22.5 Å². The molecule has 0 fully saturated rings. The number of allylic oxidation sites excluding steroid dienone is 2. The van der Waals surface area contributed by atoms with Crippen LogP contribution in [0.1, 0.15) is 11.1 Å². The molecule has 4 aromatic rings. The fourth-order valence-electron chi connectivity index (χ4n) is 3.57. The van der Waals surface area contributed by atoms with Crippen LogP contribution in [0.15, 0.2) is 133 Å². The van der Waals surface area contributed by atoms with E-state index in [1.54, 1.807) is 0 Å². The highest BCUT2D eigenvalue weighted by Gasteiger charge is 2.20. The van der Waals surface area contributed by atoms with Gasteiger partial charge in [-0.05, 0) is 35.4 Å². The normalized spacial score (nSPS) is 11.8. The third-order valence-electron chi connectivity index (χ3n) is 5.18. The quantitative estimate of drug-likeness (QED) is 0.239. The summed E-state index contributed by atoms with van der Waals surface area (Å²) in [6.45, 7) is 0. The van der Waals surface area contributed by atoms with Gasteiger partial charge in [-0.25, -0.2) is 0 Å². The molecule has 0 spiro atoms. The molecule has 4 aromatic carbocycles. The molecule has 0 amide bonds. The van der Waals surface area contributed by atoms with Crippen LogP contribution < -0.4 is 10.6 Å². The Morgan fingerprint density at radius 3 is 1.03 bits per heavy atom. The average Bonchev–Trinajstić information content (AvgIpc) is 2.91. The maximum atomic E-state index is 10.3. The molecule has 162 valence electrons. The number of hydrogen-bond donors (Lipinski definition) is 2. The number of nitriles is 2. The molecule has 0 aromatic heterocycles. The molecule has 4 heteroatoms. The van der Waals surface area contributed by atoms with Gasteiger partial charge in [0.15, 0.2) is 0 Å². The topological polar surface area (TPSA) is 71.6 Å². The van der Waals surface area contributed by atoms with Gasteiger partial charge in [0.2, 0.25) is 0 Å². The molecular weight excluding hydrogens is 416 g/mol. The standard InChI is InChI=1S/C30H22N4/c31-21-27(23-13-5-1-6-14-23)29(33-25-17-9-3-10-18-25)30(34-26-19-11-4-12-20-26)28(22-32)24-15-7-2-8-16-24/h1-20,33-34H/b29-27-,30-28-. The van der Waals surface area contributed by atoms with E-state index in [-0.39, 0.29) is 0 Å². The Labute approximate surface area is 199 Å². The fraction of sp³-hybridized carbons (Fsp3) is 0. The van der Waals surface area contributed by atoms with Crippen molar-refractivity contribution in [1.29, 1.82) is 10.5 Å². The van der Waals surface area contributed by atoms with Gasteiger partial charge in [0.25, 0.3) is 0 Å². The number of para-hydroxylation sites is 2. The molecule has 2 N–H and O–H groups in total. The molecule has 0 unspecified atom stereocenters. The molecule has 4 nitrogen and oxygen atoms in total. The van der Waals surface area contributed by atoms with E-state index >= 15 is 0 Å². The number of nitrogens with zero attached hydrogens (tertiary/aromatic N) is 2. The minimum atomic E-state index is 0.423. The lowest BCUT2D eigenvalue weighted by Crippen LogP contribution is -2.14. The summed E-state index contributed by atoms with van der Waals surface area (Å²) in [5, 5.41) is 27.4. The van der Waals surface area contributed by atoms with Crippen molar-refractivity contribution in [3.05, 3.63) is 144 Å². The zero-order valence-electron chi connectivity index (χ0n) is 18.4. The lowest BCUT2D eigenvalue weighted by atomic mass is 9.97. The molecule has 0 saturated carbocycles. The molecule has 0 radical (unpaired) electrons. The molecule has 0 aliphatic heterocycles. The Hall–Kier alpha value is -5.06. The minimum Gasteiger partial charge on any atom is -0.353 e. The van der Waals surface area contributed by atoms with Crippen molar-refractivity contribution >= 4 is 22.5 Å². The van der Waals surface area contributed by atoms with E-state index in [9.17, 15) is 10.5 Å². The van der Waals surface area contributed by atoms with Crippen LogP contribution in [0.5, 0.6) is 0 Å². The Bertz CT molecular complexity index is 1270. The number of anilines is 2. The van der Waals surface area contributed by atoms with Gasteiger partial charge in [-0.3, -0.25) is 0 Å². The molecule has 0 aliphatic carbocycles. The van der Waals surface area contributed by atoms with Crippen molar-refractivity contribution < 1.29 is 0 Å². The van der Waals surface area contributed by atoms with Gasteiger partial charge in [-0.2, -0.15) is 10.5 Å². The van der Waals surface area contributed by atoms with Crippen molar-refractivity contribution in [2.24, 2.45) is 0 Å². The Balaban J connectivity index is 2.02. The largest absolute Gasteiger partial charge is 0.353 e. The maximum absolute atomic E-state index is 10.3. The number of benzene rings is 4. The Kier molecular flexibility index (Phi) is 7.16. The molecule has 34 heavy (non-hydrogen) atoms. The van der Waals surface area contributed by atoms with Crippen molar-refractivity contribution in [2.75, 3.05) is 10.6 Å². The lowest BCUT2D eigenvalue weighted by Gasteiger charge is -2.21. The first kappa shape index (κ1) is 22.1. The van der Waals surface area contributed by atoms with Crippen LogP contribution in [-0.2, 0) is 0 Å². The summed E-state index contributed by atoms with van der Waals surface area (Å²) in [5.41, 5.74) is 4.99. The monoisotopic (exact) mass is 438 g/mol. The van der Waals surface area contributed by atoms with E-state index in [1.165, 1.54) is 0 Å². The van der Waals surface area contributed by atoms with Gasteiger partial charge < -0.3 is 10.6 Å². The van der Waals surface area contributed by atoms with Gasteiger partial charge in [0.05, 0.1) is 22.5 Å². The van der Waals surface area contributed by atoms with E-state index in [1.807, 2.05) is 121 Å². The second-order valence-corrected chi connectivity index (χ2v) is 7.44. The minimum absolute atomic E-state index is 0.423. The van der Waals surface area contributed by atoms with Crippen molar-refractivity contribution in [3.63, 3.8) is 0 Å². The summed E-state index contributed by atoms with van der Waals surface area (Å²) in [4.78, 5) is 0. The van der Waals surface area contributed by atoms with Crippen LogP contribution >= 0.6 is 0 Å². The SMILES string of the molecule is N#C/C(=C(Nc1ccccc1)\C(Nc1ccccc1)=C(/C#N)c1ccccc1)c1ccccc1. The third-order valence-corrected chi connectivity index (χ3v) is 5.18. The summed E-state index contributed by atoms with van der Waals surface area (Å²) < 4.78 is 0. The second kappa shape index (κ2) is 11.0. The molecule has 0 atom stereocenters. The zero-order valence-corrected chi connectivity index (χ0v) is 18.4. The first-order valence-electron chi connectivity index (χ1n) is 10.8. The van der Waals surface area contributed by atoms with E-state index in [4.69, 9.17) is 0 Å². The Morgan fingerprint density at radius 2 is 0.735 bits per heavy atom. The van der Waals surface area contributed by atoms with E-state index < -0.39 is 0 Å². The maximum Gasteiger partial charge on any atom is 0.102 e. The van der Waals surface area contributed by atoms with E-state index in [0.29, 0.717) is 22.5 Å². The molecule has 0 aliphatic rings. The van der Waals surface area contributed by atoms with Crippen LogP contribution in [0, 0.1) is 22.7 Å². The second-order valence-electron chi connectivity index (χ2n) is 7.44. The van der Waals surface area contributed by atoms with Crippen LogP contribution in [0.4, 0.5) is 11.4 Å². The van der Waals surface area contributed by atoms with Gasteiger partial charge in [0, 0.05) is 11.4 Å².